The largest absolute Gasteiger partial charge is 0.370 e. The average Bonchev–Trinajstić information content (AvgIpc) is 3.16. The normalized spacial score (nSPS) is 17.5. The molecule has 3 aromatic rings. The van der Waals surface area contributed by atoms with E-state index in [0.717, 1.165) is 30.3 Å². The van der Waals surface area contributed by atoms with Crippen LogP contribution in [-0.4, -0.2) is 25.9 Å². The first-order valence-corrected chi connectivity index (χ1v) is 7.97. The van der Waals surface area contributed by atoms with E-state index in [0.29, 0.717) is 6.04 Å². The van der Waals surface area contributed by atoms with Gasteiger partial charge in [-0.3, -0.25) is 0 Å². The van der Waals surface area contributed by atoms with E-state index in [9.17, 15) is 0 Å². The quantitative estimate of drug-likeness (QED) is 0.791. The Kier molecular flexibility index (Phi) is 2.85. The predicted molar refractivity (Wildman–Crippen MR) is 84.7 cm³/mol. The topological polar surface area (TPSA) is 47.7 Å². The van der Waals surface area contributed by atoms with Crippen LogP contribution >= 0.6 is 11.3 Å². The zero-order valence-electron chi connectivity index (χ0n) is 12.1. The SMILES string of the molecule is Cc1ccsc1C1CCNc2cc(-c3nccn3C)nn21. The molecule has 5 nitrogen and oxygen atoms in total. The van der Waals surface area contributed by atoms with Crippen molar-refractivity contribution < 1.29 is 0 Å². The Morgan fingerprint density at radius 3 is 3.05 bits per heavy atom. The zero-order valence-corrected chi connectivity index (χ0v) is 12.9. The first kappa shape index (κ1) is 12.6. The Morgan fingerprint density at radius 1 is 1.43 bits per heavy atom. The molecule has 6 heteroatoms. The van der Waals surface area contributed by atoms with Gasteiger partial charge in [0.05, 0.1) is 6.04 Å². The van der Waals surface area contributed by atoms with Crippen molar-refractivity contribution in [2.75, 3.05) is 11.9 Å². The van der Waals surface area contributed by atoms with Crippen LogP contribution in [0.2, 0.25) is 0 Å². The second-order valence-corrected chi connectivity index (χ2v) is 6.37. The van der Waals surface area contributed by atoms with Gasteiger partial charge in [0, 0.05) is 36.9 Å². The lowest BCUT2D eigenvalue weighted by Crippen LogP contribution is -2.24. The van der Waals surface area contributed by atoms with Crippen molar-refractivity contribution in [2.24, 2.45) is 7.05 Å². The van der Waals surface area contributed by atoms with Crippen molar-refractivity contribution in [1.29, 1.82) is 0 Å². The van der Waals surface area contributed by atoms with Gasteiger partial charge in [-0.2, -0.15) is 5.10 Å². The maximum atomic E-state index is 4.81. The summed E-state index contributed by atoms with van der Waals surface area (Å²) in [7, 11) is 2.00. The van der Waals surface area contributed by atoms with Crippen molar-refractivity contribution in [3.05, 3.63) is 40.3 Å². The lowest BCUT2D eigenvalue weighted by Gasteiger charge is -2.25. The number of hydrogen-bond donors (Lipinski definition) is 1. The third-order valence-electron chi connectivity index (χ3n) is 4.01. The Labute approximate surface area is 127 Å². The number of fused-ring (bicyclic) bond motifs is 1. The number of aromatic nitrogens is 4. The van der Waals surface area contributed by atoms with Crippen LogP contribution in [0, 0.1) is 6.92 Å². The lowest BCUT2D eigenvalue weighted by atomic mass is 10.1. The molecule has 1 atom stereocenters. The summed E-state index contributed by atoms with van der Waals surface area (Å²) in [5.41, 5.74) is 2.28. The summed E-state index contributed by atoms with van der Waals surface area (Å²) in [6, 6.07) is 4.61. The minimum Gasteiger partial charge on any atom is -0.370 e. The number of imidazole rings is 1. The number of aryl methyl sites for hydroxylation is 2. The van der Waals surface area contributed by atoms with E-state index < -0.39 is 0 Å². The summed E-state index contributed by atoms with van der Waals surface area (Å²) >= 11 is 1.82. The van der Waals surface area contributed by atoms with Crippen molar-refractivity contribution in [3.8, 4) is 11.5 Å². The number of hydrogen-bond acceptors (Lipinski definition) is 4. The fourth-order valence-corrected chi connectivity index (χ4v) is 3.96. The van der Waals surface area contributed by atoms with Crippen LogP contribution in [0.1, 0.15) is 22.9 Å². The molecule has 0 amide bonds. The first-order valence-electron chi connectivity index (χ1n) is 7.09. The highest BCUT2D eigenvalue weighted by Crippen LogP contribution is 2.35. The van der Waals surface area contributed by atoms with E-state index in [1.165, 1.54) is 10.4 Å². The highest BCUT2D eigenvalue weighted by molar-refractivity contribution is 7.10. The van der Waals surface area contributed by atoms with Crippen LogP contribution in [0.4, 0.5) is 5.82 Å². The van der Waals surface area contributed by atoms with Crippen molar-refractivity contribution in [3.63, 3.8) is 0 Å². The smallest absolute Gasteiger partial charge is 0.160 e. The molecule has 0 spiro atoms. The second-order valence-electron chi connectivity index (χ2n) is 5.42. The molecule has 0 fully saturated rings. The lowest BCUT2D eigenvalue weighted by molar-refractivity contribution is 0.488. The number of nitrogens with one attached hydrogen (secondary N) is 1. The van der Waals surface area contributed by atoms with Crippen LogP contribution in [0.25, 0.3) is 11.5 Å². The fraction of sp³-hybridized carbons (Fsp3) is 0.333. The van der Waals surface area contributed by atoms with E-state index in [2.05, 4.69) is 39.4 Å². The van der Waals surface area contributed by atoms with Gasteiger partial charge in [0.2, 0.25) is 0 Å². The second kappa shape index (κ2) is 4.73. The van der Waals surface area contributed by atoms with Gasteiger partial charge in [-0.05, 0) is 30.4 Å². The molecule has 4 rings (SSSR count). The molecule has 3 aromatic heterocycles. The molecule has 21 heavy (non-hydrogen) atoms. The van der Waals surface area contributed by atoms with Gasteiger partial charge >= 0.3 is 0 Å². The summed E-state index contributed by atoms with van der Waals surface area (Å²) in [4.78, 5) is 5.81. The highest BCUT2D eigenvalue weighted by atomic mass is 32.1. The minimum absolute atomic E-state index is 0.329. The summed E-state index contributed by atoms with van der Waals surface area (Å²) < 4.78 is 4.12. The molecule has 1 unspecified atom stereocenters. The fourth-order valence-electron chi connectivity index (χ4n) is 2.91. The monoisotopic (exact) mass is 299 g/mol. The van der Waals surface area contributed by atoms with Crippen molar-refractivity contribution in [1.82, 2.24) is 19.3 Å². The molecular weight excluding hydrogens is 282 g/mol. The molecule has 0 saturated carbocycles. The summed E-state index contributed by atoms with van der Waals surface area (Å²) in [6.07, 6.45) is 4.82. The van der Waals surface area contributed by atoms with Crippen LogP contribution in [0.3, 0.4) is 0 Å². The Hall–Kier alpha value is -2.08. The number of nitrogens with zero attached hydrogens (tertiary/aromatic N) is 4. The Bertz CT molecular complexity index is 782. The summed E-state index contributed by atoms with van der Waals surface area (Å²) in [5, 5.41) is 10.4. The van der Waals surface area contributed by atoms with Gasteiger partial charge in [0.15, 0.2) is 5.82 Å². The van der Waals surface area contributed by atoms with Crippen LogP contribution in [0.15, 0.2) is 29.9 Å². The molecule has 108 valence electrons. The van der Waals surface area contributed by atoms with Gasteiger partial charge < -0.3 is 9.88 Å². The molecule has 0 radical (unpaired) electrons. The number of anilines is 1. The highest BCUT2D eigenvalue weighted by Gasteiger charge is 2.26. The average molecular weight is 299 g/mol. The summed E-state index contributed by atoms with van der Waals surface area (Å²) in [5.74, 6) is 1.98. The van der Waals surface area contributed by atoms with E-state index in [1.54, 1.807) is 0 Å². The van der Waals surface area contributed by atoms with Crippen LogP contribution in [0.5, 0.6) is 0 Å². The van der Waals surface area contributed by atoms with E-state index in [1.807, 2.05) is 35.3 Å². The van der Waals surface area contributed by atoms with Gasteiger partial charge in [-0.1, -0.05) is 0 Å². The number of thiophene rings is 1. The molecule has 0 saturated heterocycles. The molecular formula is C15H17N5S. The van der Waals surface area contributed by atoms with E-state index >= 15 is 0 Å². The molecule has 1 aliphatic rings. The predicted octanol–water partition coefficient (Wildman–Crippen LogP) is 3.06. The van der Waals surface area contributed by atoms with E-state index in [4.69, 9.17) is 5.10 Å². The minimum atomic E-state index is 0.329. The maximum Gasteiger partial charge on any atom is 0.160 e. The molecule has 1 aliphatic heterocycles. The first-order chi connectivity index (χ1) is 10.2. The third kappa shape index (κ3) is 1.98. The van der Waals surface area contributed by atoms with Crippen molar-refractivity contribution in [2.45, 2.75) is 19.4 Å². The van der Waals surface area contributed by atoms with Crippen LogP contribution in [-0.2, 0) is 7.05 Å². The van der Waals surface area contributed by atoms with Gasteiger partial charge in [-0.25, -0.2) is 9.67 Å². The van der Waals surface area contributed by atoms with Crippen LogP contribution < -0.4 is 5.32 Å². The zero-order chi connectivity index (χ0) is 14.4. The van der Waals surface area contributed by atoms with Crippen molar-refractivity contribution >= 4 is 17.2 Å². The Morgan fingerprint density at radius 2 is 2.33 bits per heavy atom. The van der Waals surface area contributed by atoms with Gasteiger partial charge in [-0.15, -0.1) is 11.3 Å². The number of rotatable bonds is 2. The Balaban J connectivity index is 1.80. The molecule has 0 aliphatic carbocycles. The molecule has 0 aromatic carbocycles. The third-order valence-corrected chi connectivity index (χ3v) is 5.13. The molecule has 0 bridgehead atoms. The van der Waals surface area contributed by atoms with Gasteiger partial charge in [0.25, 0.3) is 0 Å². The van der Waals surface area contributed by atoms with E-state index in [-0.39, 0.29) is 0 Å². The molecule has 4 heterocycles. The summed E-state index contributed by atoms with van der Waals surface area (Å²) in [6.45, 7) is 3.16. The molecule has 1 N–H and O–H groups in total. The maximum absolute atomic E-state index is 4.81. The standard InChI is InChI=1S/C15H17N5S/c1-10-4-8-21-14(10)12-3-5-16-13-9-11(18-20(12)13)15-17-6-7-19(15)2/h4,6-9,12,16H,3,5H2,1-2H3. The van der Waals surface area contributed by atoms with Gasteiger partial charge in [0.1, 0.15) is 11.5 Å².